The number of halogens is 1. The van der Waals surface area contributed by atoms with Crippen LogP contribution in [0.3, 0.4) is 0 Å². The lowest BCUT2D eigenvalue weighted by Crippen LogP contribution is -2.33. The second-order valence-electron chi connectivity index (χ2n) is 7.02. The minimum absolute atomic E-state index is 0.0228. The first-order valence-corrected chi connectivity index (χ1v) is 9.27. The van der Waals surface area contributed by atoms with E-state index in [1.54, 1.807) is 17.0 Å². The van der Waals surface area contributed by atoms with Crippen molar-refractivity contribution in [2.24, 2.45) is 5.92 Å². The van der Waals surface area contributed by atoms with Gasteiger partial charge in [-0.2, -0.15) is 0 Å². The Kier molecular flexibility index (Phi) is 5.14. The van der Waals surface area contributed by atoms with Crippen molar-refractivity contribution in [3.63, 3.8) is 0 Å². The standard InChI is InChI=1S/C21H21FN2O4/c22-17-4-1-14(2-5-17)7-8-24-12-16(10-20(24)25)21(26)23-11-15-3-6-18-19(9-15)28-13-27-18/h1-6,9,16H,7-8,10-13H2,(H,23,26)/t16-/m1/s1. The normalized spacial score (nSPS) is 17.8. The molecule has 2 aromatic carbocycles. The Balaban J connectivity index is 1.27. The summed E-state index contributed by atoms with van der Waals surface area (Å²) in [7, 11) is 0. The van der Waals surface area contributed by atoms with Crippen LogP contribution in [-0.4, -0.2) is 36.6 Å². The maximum Gasteiger partial charge on any atom is 0.231 e. The summed E-state index contributed by atoms with van der Waals surface area (Å²) in [6, 6.07) is 11.8. The zero-order chi connectivity index (χ0) is 19.5. The third-order valence-corrected chi connectivity index (χ3v) is 5.07. The minimum atomic E-state index is -0.352. The van der Waals surface area contributed by atoms with Crippen molar-refractivity contribution in [3.8, 4) is 11.5 Å². The van der Waals surface area contributed by atoms with Crippen molar-refractivity contribution in [1.82, 2.24) is 10.2 Å². The average molecular weight is 384 g/mol. The molecule has 1 fully saturated rings. The third-order valence-electron chi connectivity index (χ3n) is 5.07. The number of nitrogens with zero attached hydrogens (tertiary/aromatic N) is 1. The predicted octanol–water partition coefficient (Wildman–Crippen LogP) is 2.26. The Morgan fingerprint density at radius 3 is 2.68 bits per heavy atom. The summed E-state index contributed by atoms with van der Waals surface area (Å²) in [4.78, 5) is 26.4. The van der Waals surface area contributed by atoms with Gasteiger partial charge >= 0.3 is 0 Å². The number of likely N-dealkylation sites (tertiary alicyclic amines) is 1. The van der Waals surface area contributed by atoms with E-state index >= 15 is 0 Å². The van der Waals surface area contributed by atoms with Gasteiger partial charge in [-0.15, -0.1) is 0 Å². The first-order chi connectivity index (χ1) is 13.6. The van der Waals surface area contributed by atoms with Crippen LogP contribution in [0.15, 0.2) is 42.5 Å². The highest BCUT2D eigenvalue weighted by atomic mass is 19.1. The monoisotopic (exact) mass is 384 g/mol. The summed E-state index contributed by atoms with van der Waals surface area (Å²) < 4.78 is 23.6. The van der Waals surface area contributed by atoms with Gasteiger partial charge in [-0.25, -0.2) is 4.39 Å². The minimum Gasteiger partial charge on any atom is -0.454 e. The van der Waals surface area contributed by atoms with Crippen LogP contribution in [-0.2, 0) is 22.6 Å². The van der Waals surface area contributed by atoms with Crippen molar-refractivity contribution < 1.29 is 23.5 Å². The molecule has 2 heterocycles. The number of hydrogen-bond acceptors (Lipinski definition) is 4. The van der Waals surface area contributed by atoms with Crippen LogP contribution >= 0.6 is 0 Å². The Bertz CT molecular complexity index is 884. The smallest absolute Gasteiger partial charge is 0.231 e. The van der Waals surface area contributed by atoms with Crippen LogP contribution in [0.25, 0.3) is 0 Å². The molecule has 0 radical (unpaired) electrons. The van der Waals surface area contributed by atoms with Gasteiger partial charge in [-0.3, -0.25) is 9.59 Å². The third kappa shape index (κ3) is 4.08. The molecule has 0 aliphatic carbocycles. The lowest BCUT2D eigenvalue weighted by Gasteiger charge is -2.16. The summed E-state index contributed by atoms with van der Waals surface area (Å²) in [5, 5.41) is 2.90. The van der Waals surface area contributed by atoms with Gasteiger partial charge in [0.05, 0.1) is 5.92 Å². The number of rotatable bonds is 6. The summed E-state index contributed by atoms with van der Waals surface area (Å²) in [5.41, 5.74) is 1.87. The number of carbonyl (C=O) groups excluding carboxylic acids is 2. The predicted molar refractivity (Wildman–Crippen MR) is 99.2 cm³/mol. The van der Waals surface area contributed by atoms with Gasteiger partial charge in [0.25, 0.3) is 0 Å². The maximum absolute atomic E-state index is 13.0. The fourth-order valence-corrected chi connectivity index (χ4v) is 3.46. The summed E-state index contributed by atoms with van der Waals surface area (Å²) in [5.74, 6) is 0.596. The molecule has 0 bridgehead atoms. The molecule has 0 saturated carbocycles. The summed E-state index contributed by atoms with van der Waals surface area (Å²) >= 11 is 0. The fourth-order valence-electron chi connectivity index (χ4n) is 3.46. The van der Waals surface area contributed by atoms with Gasteiger partial charge in [0.2, 0.25) is 18.6 Å². The Hall–Kier alpha value is -3.09. The zero-order valence-corrected chi connectivity index (χ0v) is 15.3. The molecular formula is C21H21FN2O4. The molecule has 2 amide bonds. The molecule has 28 heavy (non-hydrogen) atoms. The van der Waals surface area contributed by atoms with Gasteiger partial charge in [0.15, 0.2) is 11.5 Å². The van der Waals surface area contributed by atoms with Crippen molar-refractivity contribution in [1.29, 1.82) is 0 Å². The Morgan fingerprint density at radius 1 is 1.11 bits per heavy atom. The number of fused-ring (bicyclic) bond motifs is 1. The van der Waals surface area contributed by atoms with E-state index < -0.39 is 0 Å². The topological polar surface area (TPSA) is 67.9 Å². The highest BCUT2D eigenvalue weighted by molar-refractivity contribution is 5.89. The molecule has 1 atom stereocenters. The largest absolute Gasteiger partial charge is 0.454 e. The van der Waals surface area contributed by atoms with E-state index in [2.05, 4.69) is 5.32 Å². The molecule has 0 spiro atoms. The van der Waals surface area contributed by atoms with Gasteiger partial charge in [-0.1, -0.05) is 18.2 Å². The molecule has 2 aliphatic heterocycles. The van der Waals surface area contributed by atoms with E-state index in [1.165, 1.54) is 12.1 Å². The van der Waals surface area contributed by atoms with Crippen molar-refractivity contribution >= 4 is 11.8 Å². The van der Waals surface area contributed by atoms with Crippen molar-refractivity contribution in [2.45, 2.75) is 19.4 Å². The van der Waals surface area contributed by atoms with Crippen molar-refractivity contribution in [2.75, 3.05) is 19.9 Å². The van der Waals surface area contributed by atoms with E-state index in [4.69, 9.17) is 9.47 Å². The lowest BCUT2D eigenvalue weighted by molar-refractivity contribution is -0.129. The molecule has 146 valence electrons. The Labute approximate surface area is 162 Å². The number of ether oxygens (including phenoxy) is 2. The van der Waals surface area contributed by atoms with Crippen LogP contribution < -0.4 is 14.8 Å². The highest BCUT2D eigenvalue weighted by Gasteiger charge is 2.33. The molecule has 4 rings (SSSR count). The van der Waals surface area contributed by atoms with Crippen LogP contribution in [0.4, 0.5) is 4.39 Å². The van der Waals surface area contributed by atoms with Crippen LogP contribution in [0, 0.1) is 11.7 Å². The Morgan fingerprint density at radius 2 is 1.86 bits per heavy atom. The number of amides is 2. The summed E-state index contributed by atoms with van der Waals surface area (Å²) in [6.07, 6.45) is 0.855. The number of nitrogens with one attached hydrogen (secondary N) is 1. The molecule has 1 N–H and O–H groups in total. The molecule has 6 nitrogen and oxygen atoms in total. The second-order valence-corrected chi connectivity index (χ2v) is 7.02. The molecule has 0 unspecified atom stereocenters. The molecule has 0 aromatic heterocycles. The molecule has 1 saturated heterocycles. The quantitative estimate of drug-likeness (QED) is 0.830. The van der Waals surface area contributed by atoms with Crippen LogP contribution in [0.1, 0.15) is 17.5 Å². The number of hydrogen-bond donors (Lipinski definition) is 1. The van der Waals surface area contributed by atoms with Crippen LogP contribution in [0.5, 0.6) is 11.5 Å². The first kappa shape index (κ1) is 18.3. The second kappa shape index (κ2) is 7.88. The average Bonchev–Trinajstić information content (AvgIpc) is 3.31. The van der Waals surface area contributed by atoms with E-state index in [0.717, 1.165) is 11.1 Å². The van der Waals surface area contributed by atoms with Gasteiger partial charge in [0, 0.05) is 26.1 Å². The highest BCUT2D eigenvalue weighted by Crippen LogP contribution is 2.32. The van der Waals surface area contributed by atoms with Crippen molar-refractivity contribution in [3.05, 3.63) is 59.4 Å². The molecule has 2 aliphatic rings. The lowest BCUT2D eigenvalue weighted by atomic mass is 10.1. The number of carbonyl (C=O) groups is 2. The van der Waals surface area contributed by atoms with Gasteiger partial charge < -0.3 is 19.7 Å². The van der Waals surface area contributed by atoms with E-state index in [0.29, 0.717) is 37.6 Å². The van der Waals surface area contributed by atoms with Gasteiger partial charge in [0.1, 0.15) is 5.82 Å². The molecular weight excluding hydrogens is 363 g/mol. The SMILES string of the molecule is O=C(NCc1ccc2c(c1)OCO2)[C@@H]1CC(=O)N(CCc2ccc(F)cc2)C1. The van der Waals surface area contributed by atoms with E-state index in [-0.39, 0.29) is 36.8 Å². The molecule has 7 heteroatoms. The van der Waals surface area contributed by atoms with Crippen LogP contribution in [0.2, 0.25) is 0 Å². The number of benzene rings is 2. The fraction of sp³-hybridized carbons (Fsp3) is 0.333. The van der Waals surface area contributed by atoms with E-state index in [1.807, 2.05) is 18.2 Å². The maximum atomic E-state index is 13.0. The molecule has 2 aromatic rings. The first-order valence-electron chi connectivity index (χ1n) is 9.27. The zero-order valence-electron chi connectivity index (χ0n) is 15.3. The van der Waals surface area contributed by atoms with Gasteiger partial charge in [-0.05, 0) is 41.8 Å². The summed E-state index contributed by atoms with van der Waals surface area (Å²) in [6.45, 7) is 1.52. The van der Waals surface area contributed by atoms with E-state index in [9.17, 15) is 14.0 Å².